The third-order valence-corrected chi connectivity index (χ3v) is 3.10. The molecule has 2 heterocycles. The van der Waals surface area contributed by atoms with E-state index in [0.29, 0.717) is 23.6 Å². The summed E-state index contributed by atoms with van der Waals surface area (Å²) in [6.45, 7) is 3.78. The number of nitrogens with one attached hydrogen (secondary N) is 1. The summed E-state index contributed by atoms with van der Waals surface area (Å²) in [6, 6.07) is 3.91. The van der Waals surface area contributed by atoms with E-state index in [2.05, 4.69) is 22.2 Å². The van der Waals surface area contributed by atoms with Crippen molar-refractivity contribution in [1.29, 1.82) is 5.26 Å². The molecule has 1 fully saturated rings. The number of anilines is 1. The van der Waals surface area contributed by atoms with Crippen LogP contribution in [0.5, 0.6) is 0 Å². The third kappa shape index (κ3) is 3.14. The van der Waals surface area contributed by atoms with Crippen LogP contribution in [0.4, 0.5) is 5.95 Å². The maximum absolute atomic E-state index is 8.76. The van der Waals surface area contributed by atoms with E-state index in [4.69, 9.17) is 10.00 Å². The quantitative estimate of drug-likeness (QED) is 0.856. The highest BCUT2D eigenvalue weighted by molar-refractivity contribution is 5.31. The largest absolute Gasteiger partial charge is 0.381 e. The van der Waals surface area contributed by atoms with Crippen molar-refractivity contribution in [1.82, 2.24) is 9.97 Å². The summed E-state index contributed by atoms with van der Waals surface area (Å²) in [5.74, 6) is 1.11. The number of nitriles is 1. The molecule has 0 radical (unpaired) electrons. The summed E-state index contributed by atoms with van der Waals surface area (Å²) in [6.07, 6.45) is 3.73. The predicted molar refractivity (Wildman–Crippen MR) is 63.4 cm³/mol. The number of nitrogens with zero attached hydrogens (tertiary/aromatic N) is 3. The topological polar surface area (TPSA) is 70.8 Å². The van der Waals surface area contributed by atoms with E-state index < -0.39 is 0 Å². The fourth-order valence-electron chi connectivity index (χ4n) is 2.03. The molecule has 0 aliphatic carbocycles. The van der Waals surface area contributed by atoms with E-state index in [1.807, 2.05) is 6.07 Å². The molecule has 1 aliphatic heterocycles. The van der Waals surface area contributed by atoms with Crippen LogP contribution in [0.1, 0.15) is 25.5 Å². The van der Waals surface area contributed by atoms with E-state index in [-0.39, 0.29) is 0 Å². The maximum atomic E-state index is 8.76. The molecule has 1 N–H and O–H groups in total. The first-order chi connectivity index (χ1) is 8.29. The van der Waals surface area contributed by atoms with Crippen LogP contribution in [0, 0.1) is 17.2 Å². The van der Waals surface area contributed by atoms with Gasteiger partial charge in [-0.05, 0) is 31.7 Å². The van der Waals surface area contributed by atoms with Crippen LogP contribution in [0.3, 0.4) is 0 Å². The Bertz CT molecular complexity index is 409. The van der Waals surface area contributed by atoms with E-state index in [0.717, 1.165) is 26.1 Å². The highest BCUT2D eigenvalue weighted by Gasteiger charge is 2.20. The van der Waals surface area contributed by atoms with Crippen LogP contribution in [0.2, 0.25) is 0 Å². The van der Waals surface area contributed by atoms with Crippen LogP contribution >= 0.6 is 0 Å². The Hall–Kier alpha value is -1.67. The van der Waals surface area contributed by atoms with Crippen molar-refractivity contribution >= 4 is 5.95 Å². The van der Waals surface area contributed by atoms with Crippen LogP contribution in [-0.4, -0.2) is 29.2 Å². The molecule has 5 nitrogen and oxygen atoms in total. The minimum atomic E-state index is 0.299. The Labute approximate surface area is 101 Å². The summed E-state index contributed by atoms with van der Waals surface area (Å²) in [5, 5.41) is 12.0. The van der Waals surface area contributed by atoms with Gasteiger partial charge < -0.3 is 10.1 Å². The van der Waals surface area contributed by atoms with Crippen molar-refractivity contribution in [2.24, 2.45) is 5.92 Å². The number of rotatable bonds is 3. The zero-order valence-corrected chi connectivity index (χ0v) is 9.89. The molecule has 1 saturated heterocycles. The van der Waals surface area contributed by atoms with Crippen molar-refractivity contribution in [3.05, 3.63) is 18.0 Å². The average Bonchev–Trinajstić information content (AvgIpc) is 2.40. The lowest BCUT2D eigenvalue weighted by Gasteiger charge is -2.28. The van der Waals surface area contributed by atoms with Crippen LogP contribution in [0.15, 0.2) is 12.3 Å². The molecule has 0 spiro atoms. The van der Waals surface area contributed by atoms with E-state index in [1.54, 1.807) is 12.3 Å². The van der Waals surface area contributed by atoms with Crippen molar-refractivity contribution in [2.45, 2.75) is 25.8 Å². The standard InChI is InChI=1S/C12H16N4O/c1-9(10-3-6-17-7-4-10)15-12-14-5-2-11(8-13)16-12/h2,5,9-10H,3-4,6-7H2,1H3,(H,14,15,16). The number of ether oxygens (including phenoxy) is 1. The van der Waals surface area contributed by atoms with Crippen molar-refractivity contribution in [3.63, 3.8) is 0 Å². The summed E-state index contributed by atoms with van der Waals surface area (Å²) in [7, 11) is 0. The molecule has 1 atom stereocenters. The fraction of sp³-hybridized carbons (Fsp3) is 0.583. The zero-order valence-electron chi connectivity index (χ0n) is 9.89. The highest BCUT2D eigenvalue weighted by Crippen LogP contribution is 2.20. The minimum Gasteiger partial charge on any atom is -0.381 e. The van der Waals surface area contributed by atoms with Gasteiger partial charge in [0.05, 0.1) is 0 Å². The number of hydrogen-bond acceptors (Lipinski definition) is 5. The monoisotopic (exact) mass is 232 g/mol. The molecule has 1 aliphatic rings. The van der Waals surface area contributed by atoms with Gasteiger partial charge in [0.15, 0.2) is 0 Å². The van der Waals surface area contributed by atoms with E-state index >= 15 is 0 Å². The van der Waals surface area contributed by atoms with Gasteiger partial charge in [0.1, 0.15) is 11.8 Å². The normalized spacial score (nSPS) is 18.4. The molecule has 0 bridgehead atoms. The van der Waals surface area contributed by atoms with Crippen molar-refractivity contribution in [3.8, 4) is 6.07 Å². The molecule has 0 aromatic carbocycles. The molecule has 90 valence electrons. The molecular weight excluding hydrogens is 216 g/mol. The van der Waals surface area contributed by atoms with Crippen LogP contribution < -0.4 is 5.32 Å². The molecule has 2 rings (SSSR count). The van der Waals surface area contributed by atoms with Gasteiger partial charge in [-0.25, -0.2) is 9.97 Å². The van der Waals surface area contributed by atoms with E-state index in [1.165, 1.54) is 0 Å². The first-order valence-corrected chi connectivity index (χ1v) is 5.87. The van der Waals surface area contributed by atoms with Crippen molar-refractivity contribution < 1.29 is 4.74 Å². The lowest BCUT2D eigenvalue weighted by molar-refractivity contribution is 0.0621. The fourth-order valence-corrected chi connectivity index (χ4v) is 2.03. The molecule has 1 aromatic heterocycles. The molecule has 0 saturated carbocycles. The third-order valence-electron chi connectivity index (χ3n) is 3.10. The SMILES string of the molecule is CC(Nc1nccc(C#N)n1)C1CCOCC1. The first kappa shape index (κ1) is 11.8. The molecule has 5 heteroatoms. The molecule has 0 amide bonds. The second-order valence-electron chi connectivity index (χ2n) is 4.26. The minimum absolute atomic E-state index is 0.299. The molecular formula is C12H16N4O. The number of hydrogen-bond donors (Lipinski definition) is 1. The maximum Gasteiger partial charge on any atom is 0.224 e. The van der Waals surface area contributed by atoms with Gasteiger partial charge in [-0.3, -0.25) is 0 Å². The Morgan fingerprint density at radius 3 is 3.00 bits per heavy atom. The van der Waals surface area contributed by atoms with Crippen LogP contribution in [-0.2, 0) is 4.74 Å². The summed E-state index contributed by atoms with van der Waals surface area (Å²) in [4.78, 5) is 8.23. The summed E-state index contributed by atoms with van der Waals surface area (Å²) < 4.78 is 5.33. The van der Waals surface area contributed by atoms with Gasteiger partial charge in [0, 0.05) is 25.5 Å². The second kappa shape index (κ2) is 5.60. The van der Waals surface area contributed by atoms with Gasteiger partial charge >= 0.3 is 0 Å². The Morgan fingerprint density at radius 1 is 1.53 bits per heavy atom. The van der Waals surface area contributed by atoms with Gasteiger partial charge in [0.25, 0.3) is 0 Å². The Kier molecular flexibility index (Phi) is 3.89. The van der Waals surface area contributed by atoms with Crippen molar-refractivity contribution in [2.75, 3.05) is 18.5 Å². The first-order valence-electron chi connectivity index (χ1n) is 5.87. The van der Waals surface area contributed by atoms with Gasteiger partial charge in [-0.15, -0.1) is 0 Å². The molecule has 1 aromatic rings. The summed E-state index contributed by atoms with van der Waals surface area (Å²) >= 11 is 0. The number of aromatic nitrogens is 2. The molecule has 1 unspecified atom stereocenters. The highest BCUT2D eigenvalue weighted by atomic mass is 16.5. The van der Waals surface area contributed by atoms with Gasteiger partial charge in [-0.2, -0.15) is 5.26 Å². The second-order valence-corrected chi connectivity index (χ2v) is 4.26. The van der Waals surface area contributed by atoms with Gasteiger partial charge in [0.2, 0.25) is 5.95 Å². The zero-order chi connectivity index (χ0) is 12.1. The lowest BCUT2D eigenvalue weighted by atomic mass is 9.93. The smallest absolute Gasteiger partial charge is 0.224 e. The lowest BCUT2D eigenvalue weighted by Crippen LogP contribution is -2.31. The average molecular weight is 232 g/mol. The van der Waals surface area contributed by atoms with Crippen LogP contribution in [0.25, 0.3) is 0 Å². The van der Waals surface area contributed by atoms with E-state index in [9.17, 15) is 0 Å². The Balaban J connectivity index is 1.97. The molecule has 17 heavy (non-hydrogen) atoms. The summed E-state index contributed by atoms with van der Waals surface area (Å²) in [5.41, 5.74) is 0.390. The predicted octanol–water partition coefficient (Wildman–Crippen LogP) is 1.58. The van der Waals surface area contributed by atoms with Gasteiger partial charge in [-0.1, -0.05) is 0 Å². The Morgan fingerprint density at radius 2 is 2.29 bits per heavy atom.